The second-order valence-electron chi connectivity index (χ2n) is 4.57. The summed E-state index contributed by atoms with van der Waals surface area (Å²) in [6, 6.07) is 6.58. The number of rotatable bonds is 7. The van der Waals surface area contributed by atoms with Gasteiger partial charge in [-0.05, 0) is 18.2 Å². The minimum absolute atomic E-state index is 0.00659. The number of hydrogen-bond acceptors (Lipinski definition) is 6. The zero-order valence-corrected chi connectivity index (χ0v) is 13.0. The molecule has 0 aliphatic rings. The highest BCUT2D eigenvalue weighted by Gasteiger charge is 2.25. The second-order valence-corrected chi connectivity index (χ2v) is 4.57. The Labute approximate surface area is 139 Å². The summed E-state index contributed by atoms with van der Waals surface area (Å²) < 4.78 is 10.1. The SMILES string of the molecule is C=CCOC(=O)c1ccnc(-c2ccccn2)c1C(=O)OCC=C. The molecule has 2 rings (SSSR count). The molecular weight excluding hydrogens is 308 g/mol. The number of nitrogens with zero attached hydrogens (tertiary/aromatic N) is 2. The van der Waals surface area contributed by atoms with Gasteiger partial charge in [0.25, 0.3) is 0 Å². The van der Waals surface area contributed by atoms with E-state index in [2.05, 4.69) is 23.1 Å². The lowest BCUT2D eigenvalue weighted by molar-refractivity contribution is 0.0503. The molecule has 0 fully saturated rings. The standard InChI is InChI=1S/C18H16N2O4/c1-3-11-23-17(21)13-8-10-20-16(14-7-5-6-9-19-14)15(13)18(22)24-12-4-2/h3-10H,1-2,11-12H2. The molecule has 2 aromatic heterocycles. The minimum atomic E-state index is -0.700. The summed E-state index contributed by atoms with van der Waals surface area (Å²) >= 11 is 0. The minimum Gasteiger partial charge on any atom is -0.458 e. The van der Waals surface area contributed by atoms with Gasteiger partial charge in [-0.25, -0.2) is 9.59 Å². The molecule has 0 unspecified atom stereocenters. The smallest absolute Gasteiger partial charge is 0.341 e. The van der Waals surface area contributed by atoms with E-state index in [1.807, 2.05) is 0 Å². The molecule has 0 aliphatic carbocycles. The van der Waals surface area contributed by atoms with Crippen molar-refractivity contribution in [2.75, 3.05) is 13.2 Å². The van der Waals surface area contributed by atoms with Crippen molar-refractivity contribution in [3.63, 3.8) is 0 Å². The third-order valence-electron chi connectivity index (χ3n) is 2.95. The molecule has 0 amide bonds. The van der Waals surface area contributed by atoms with Gasteiger partial charge in [-0.1, -0.05) is 31.4 Å². The van der Waals surface area contributed by atoms with Gasteiger partial charge >= 0.3 is 11.9 Å². The average molecular weight is 324 g/mol. The van der Waals surface area contributed by atoms with Gasteiger partial charge in [-0.15, -0.1) is 0 Å². The summed E-state index contributed by atoms with van der Waals surface area (Å²) in [6.07, 6.45) is 5.86. The Morgan fingerprint density at radius 3 is 2.29 bits per heavy atom. The van der Waals surface area contributed by atoms with E-state index in [9.17, 15) is 9.59 Å². The maximum absolute atomic E-state index is 12.4. The van der Waals surface area contributed by atoms with Crippen LogP contribution in [0.4, 0.5) is 0 Å². The Morgan fingerprint density at radius 1 is 0.958 bits per heavy atom. The third-order valence-corrected chi connectivity index (χ3v) is 2.95. The topological polar surface area (TPSA) is 78.4 Å². The first-order valence-electron chi connectivity index (χ1n) is 7.15. The maximum Gasteiger partial charge on any atom is 0.341 e. The van der Waals surface area contributed by atoms with Crippen LogP contribution in [-0.4, -0.2) is 35.1 Å². The van der Waals surface area contributed by atoms with Crippen LogP contribution in [0.2, 0.25) is 0 Å². The number of carbonyl (C=O) groups is 2. The lowest BCUT2D eigenvalue weighted by Crippen LogP contribution is -2.16. The lowest BCUT2D eigenvalue weighted by atomic mass is 10.0. The van der Waals surface area contributed by atoms with E-state index in [4.69, 9.17) is 9.47 Å². The second kappa shape index (κ2) is 8.38. The fourth-order valence-electron chi connectivity index (χ4n) is 1.95. The Balaban J connectivity index is 2.54. The Morgan fingerprint density at radius 2 is 1.67 bits per heavy atom. The van der Waals surface area contributed by atoms with E-state index in [0.717, 1.165) is 0 Å². The first-order valence-corrected chi connectivity index (χ1v) is 7.15. The van der Waals surface area contributed by atoms with Crippen LogP contribution < -0.4 is 0 Å². The largest absolute Gasteiger partial charge is 0.458 e. The van der Waals surface area contributed by atoms with Gasteiger partial charge in [0.15, 0.2) is 0 Å². The molecule has 0 saturated carbocycles. The fraction of sp³-hybridized carbons (Fsp3) is 0.111. The zero-order valence-electron chi connectivity index (χ0n) is 13.0. The lowest BCUT2D eigenvalue weighted by Gasteiger charge is -2.12. The van der Waals surface area contributed by atoms with Crippen LogP contribution >= 0.6 is 0 Å². The molecule has 24 heavy (non-hydrogen) atoms. The van der Waals surface area contributed by atoms with Gasteiger partial charge in [0.05, 0.1) is 11.3 Å². The Kier molecular flexibility index (Phi) is 5.96. The van der Waals surface area contributed by atoms with Crippen molar-refractivity contribution in [1.29, 1.82) is 0 Å². The van der Waals surface area contributed by atoms with Crippen molar-refractivity contribution in [2.45, 2.75) is 0 Å². The van der Waals surface area contributed by atoms with Gasteiger partial charge < -0.3 is 9.47 Å². The number of pyridine rings is 2. The van der Waals surface area contributed by atoms with E-state index in [1.54, 1.807) is 24.4 Å². The zero-order chi connectivity index (χ0) is 17.4. The number of ether oxygens (including phenoxy) is 2. The molecule has 6 heteroatoms. The normalized spacial score (nSPS) is 9.83. The number of aromatic nitrogens is 2. The van der Waals surface area contributed by atoms with Crippen LogP contribution in [0.15, 0.2) is 62.0 Å². The average Bonchev–Trinajstić information content (AvgIpc) is 2.64. The molecule has 6 nitrogen and oxygen atoms in total. The van der Waals surface area contributed by atoms with Crippen LogP contribution in [-0.2, 0) is 9.47 Å². The van der Waals surface area contributed by atoms with Gasteiger partial charge in [0.1, 0.15) is 24.5 Å². The molecule has 0 aromatic carbocycles. The molecule has 0 atom stereocenters. The first kappa shape index (κ1) is 17.1. The number of esters is 2. The molecule has 0 bridgehead atoms. The molecule has 2 aromatic rings. The van der Waals surface area contributed by atoms with E-state index in [1.165, 1.54) is 24.4 Å². The summed E-state index contributed by atoms with van der Waals surface area (Å²) in [6.45, 7) is 7.02. The van der Waals surface area contributed by atoms with Crippen LogP contribution in [0.25, 0.3) is 11.4 Å². The molecular formula is C18H16N2O4. The van der Waals surface area contributed by atoms with Crippen molar-refractivity contribution < 1.29 is 19.1 Å². The van der Waals surface area contributed by atoms with Crippen molar-refractivity contribution in [3.8, 4) is 11.4 Å². The summed E-state index contributed by atoms with van der Waals surface area (Å²) in [5.41, 5.74) is 0.757. The van der Waals surface area contributed by atoms with E-state index >= 15 is 0 Å². The Hall–Kier alpha value is -3.28. The van der Waals surface area contributed by atoms with Gasteiger partial charge in [0.2, 0.25) is 0 Å². The summed E-state index contributed by atoms with van der Waals surface area (Å²) in [5, 5.41) is 0. The highest BCUT2D eigenvalue weighted by Crippen LogP contribution is 2.24. The van der Waals surface area contributed by atoms with Crippen molar-refractivity contribution in [2.24, 2.45) is 0 Å². The van der Waals surface area contributed by atoms with Gasteiger partial charge in [-0.2, -0.15) is 0 Å². The maximum atomic E-state index is 12.4. The molecule has 2 heterocycles. The molecule has 0 N–H and O–H groups in total. The fourth-order valence-corrected chi connectivity index (χ4v) is 1.95. The van der Waals surface area contributed by atoms with Crippen LogP contribution in [0.5, 0.6) is 0 Å². The molecule has 0 aliphatic heterocycles. The summed E-state index contributed by atoms with van der Waals surface area (Å²) in [7, 11) is 0. The predicted octanol–water partition coefficient (Wildman–Crippen LogP) is 2.83. The van der Waals surface area contributed by atoms with E-state index in [-0.39, 0.29) is 30.0 Å². The molecule has 0 radical (unpaired) electrons. The highest BCUT2D eigenvalue weighted by molar-refractivity contribution is 6.06. The van der Waals surface area contributed by atoms with Gasteiger partial charge in [-0.3, -0.25) is 9.97 Å². The molecule has 122 valence electrons. The number of hydrogen-bond donors (Lipinski definition) is 0. The van der Waals surface area contributed by atoms with Crippen molar-refractivity contribution in [3.05, 3.63) is 73.1 Å². The van der Waals surface area contributed by atoms with Crippen molar-refractivity contribution >= 4 is 11.9 Å². The Bertz CT molecular complexity index is 757. The van der Waals surface area contributed by atoms with Crippen LogP contribution in [0.1, 0.15) is 20.7 Å². The van der Waals surface area contributed by atoms with E-state index in [0.29, 0.717) is 5.69 Å². The van der Waals surface area contributed by atoms with Crippen molar-refractivity contribution in [1.82, 2.24) is 9.97 Å². The summed E-state index contributed by atoms with van der Waals surface area (Å²) in [4.78, 5) is 33.0. The monoisotopic (exact) mass is 324 g/mol. The van der Waals surface area contributed by atoms with Crippen LogP contribution in [0.3, 0.4) is 0 Å². The quantitative estimate of drug-likeness (QED) is 0.575. The van der Waals surface area contributed by atoms with E-state index < -0.39 is 11.9 Å². The molecule has 0 saturated heterocycles. The number of carbonyl (C=O) groups excluding carboxylic acids is 2. The first-order chi connectivity index (χ1) is 11.7. The predicted molar refractivity (Wildman–Crippen MR) is 88.4 cm³/mol. The van der Waals surface area contributed by atoms with Crippen LogP contribution in [0, 0.1) is 0 Å². The highest BCUT2D eigenvalue weighted by atomic mass is 16.5. The molecule has 0 spiro atoms. The van der Waals surface area contributed by atoms with Gasteiger partial charge in [0, 0.05) is 12.4 Å². The summed E-state index contributed by atoms with van der Waals surface area (Å²) in [5.74, 6) is -1.37. The third kappa shape index (κ3) is 3.92.